The Labute approximate surface area is 54.6 Å². The molecule has 1 nitrogen and oxygen atoms in total. The molecule has 1 heterocycles. The van der Waals surface area contributed by atoms with Gasteiger partial charge in [-0.2, -0.15) is 0 Å². The molecule has 1 saturated carbocycles. The van der Waals surface area contributed by atoms with E-state index in [1.807, 2.05) is 0 Å². The lowest BCUT2D eigenvalue weighted by Gasteiger charge is -2.15. The Hall–Kier alpha value is -0.110. The van der Waals surface area contributed by atoms with Gasteiger partial charge in [0.05, 0.1) is 0 Å². The quantitative estimate of drug-likeness (QED) is 0.559. The first-order valence-electron chi connectivity index (χ1n) is 3.71. The van der Waals surface area contributed by atoms with Gasteiger partial charge in [0, 0.05) is 6.54 Å². The first-order valence-corrected chi connectivity index (χ1v) is 3.71. The average Bonchev–Trinajstić information content (AvgIpc) is 2.60. The third kappa shape index (κ3) is 0.855. The monoisotopic (exact) mass is 129 g/mol. The molecule has 0 aromatic carbocycles. The van der Waals surface area contributed by atoms with Crippen LogP contribution in [0.5, 0.6) is 0 Å². The Morgan fingerprint density at radius 2 is 2.22 bits per heavy atom. The minimum Gasteiger partial charge on any atom is -0.313 e. The van der Waals surface area contributed by atoms with Crippen LogP contribution in [-0.2, 0) is 0 Å². The van der Waals surface area contributed by atoms with E-state index in [0.717, 1.165) is 25.8 Å². The van der Waals surface area contributed by atoms with Crippen molar-refractivity contribution in [3.8, 4) is 0 Å². The summed E-state index contributed by atoms with van der Waals surface area (Å²) in [4.78, 5) is 0. The highest BCUT2D eigenvalue weighted by molar-refractivity contribution is 5.00. The summed E-state index contributed by atoms with van der Waals surface area (Å²) in [7, 11) is 0. The summed E-state index contributed by atoms with van der Waals surface area (Å²) in [6, 6.07) is 0. The van der Waals surface area contributed by atoms with Crippen LogP contribution in [0.4, 0.5) is 4.39 Å². The first-order chi connectivity index (χ1) is 4.31. The van der Waals surface area contributed by atoms with Crippen LogP contribution in [0, 0.1) is 5.92 Å². The van der Waals surface area contributed by atoms with Gasteiger partial charge in [-0.25, -0.2) is 4.39 Å². The van der Waals surface area contributed by atoms with Crippen molar-refractivity contribution in [2.75, 3.05) is 13.1 Å². The number of halogens is 1. The zero-order valence-corrected chi connectivity index (χ0v) is 5.49. The summed E-state index contributed by atoms with van der Waals surface area (Å²) >= 11 is 0. The molecule has 0 bridgehead atoms. The van der Waals surface area contributed by atoms with E-state index >= 15 is 0 Å². The molecular formula is C7H12FN. The van der Waals surface area contributed by atoms with Crippen LogP contribution in [-0.4, -0.2) is 18.8 Å². The normalized spacial score (nSPS) is 43.7. The minimum absolute atomic E-state index is 0.410. The highest BCUT2D eigenvalue weighted by Crippen LogP contribution is 2.45. The predicted molar refractivity (Wildman–Crippen MR) is 34.0 cm³/mol. The largest absolute Gasteiger partial charge is 0.313 e. The summed E-state index contributed by atoms with van der Waals surface area (Å²) in [5.74, 6) is 0.410. The van der Waals surface area contributed by atoms with E-state index in [1.54, 1.807) is 0 Å². The van der Waals surface area contributed by atoms with Crippen LogP contribution < -0.4 is 5.32 Å². The molecule has 1 N–H and O–H groups in total. The third-order valence-corrected chi connectivity index (χ3v) is 2.45. The van der Waals surface area contributed by atoms with Gasteiger partial charge in [-0.05, 0) is 31.7 Å². The van der Waals surface area contributed by atoms with Crippen molar-refractivity contribution < 1.29 is 4.39 Å². The average molecular weight is 129 g/mol. The Morgan fingerprint density at radius 3 is 2.67 bits per heavy atom. The molecule has 1 atom stereocenters. The number of rotatable bonds is 1. The molecule has 0 radical (unpaired) electrons. The van der Waals surface area contributed by atoms with Crippen LogP contribution in [0.2, 0.25) is 0 Å². The van der Waals surface area contributed by atoms with Crippen molar-refractivity contribution in [3.05, 3.63) is 0 Å². The third-order valence-electron chi connectivity index (χ3n) is 2.45. The lowest BCUT2D eigenvalue weighted by molar-refractivity contribution is 0.159. The van der Waals surface area contributed by atoms with Crippen LogP contribution in [0.1, 0.15) is 19.3 Å². The maximum atomic E-state index is 13.4. The summed E-state index contributed by atoms with van der Waals surface area (Å²) in [6.07, 6.45) is 2.99. The zero-order chi connectivity index (χ0) is 6.32. The molecule has 9 heavy (non-hydrogen) atoms. The maximum absolute atomic E-state index is 13.4. The van der Waals surface area contributed by atoms with Crippen molar-refractivity contribution in [2.24, 2.45) is 5.92 Å². The molecule has 2 rings (SSSR count). The van der Waals surface area contributed by atoms with E-state index in [-0.39, 0.29) is 0 Å². The summed E-state index contributed by atoms with van der Waals surface area (Å²) < 4.78 is 13.4. The summed E-state index contributed by atoms with van der Waals surface area (Å²) in [6.45, 7) is 1.49. The highest BCUT2D eigenvalue weighted by Gasteiger charge is 2.47. The van der Waals surface area contributed by atoms with Crippen molar-refractivity contribution in [1.29, 1.82) is 0 Å². The first kappa shape index (κ1) is 5.66. The molecule has 0 spiro atoms. The maximum Gasteiger partial charge on any atom is 0.127 e. The molecule has 0 aromatic heterocycles. The van der Waals surface area contributed by atoms with Gasteiger partial charge in [-0.3, -0.25) is 0 Å². The number of hydrogen-bond acceptors (Lipinski definition) is 1. The van der Waals surface area contributed by atoms with E-state index in [4.69, 9.17) is 0 Å². The van der Waals surface area contributed by atoms with Gasteiger partial charge in [0.25, 0.3) is 0 Å². The Morgan fingerprint density at radius 1 is 1.44 bits per heavy atom. The number of hydrogen-bond donors (Lipinski definition) is 1. The van der Waals surface area contributed by atoms with Crippen molar-refractivity contribution in [2.45, 2.75) is 24.9 Å². The van der Waals surface area contributed by atoms with Gasteiger partial charge in [-0.1, -0.05) is 0 Å². The second kappa shape index (κ2) is 1.69. The fourth-order valence-corrected chi connectivity index (χ4v) is 1.63. The SMILES string of the molecule is FC1(C2CC2)CCNC1. The zero-order valence-electron chi connectivity index (χ0n) is 5.49. The van der Waals surface area contributed by atoms with Gasteiger partial charge in [0.2, 0.25) is 0 Å². The van der Waals surface area contributed by atoms with Gasteiger partial charge in [0.1, 0.15) is 5.67 Å². The Balaban J connectivity index is 2.02. The molecule has 2 fully saturated rings. The van der Waals surface area contributed by atoms with Crippen LogP contribution in [0.15, 0.2) is 0 Å². The van der Waals surface area contributed by atoms with E-state index in [2.05, 4.69) is 5.32 Å². The van der Waals surface area contributed by atoms with E-state index in [1.165, 1.54) is 0 Å². The van der Waals surface area contributed by atoms with Gasteiger partial charge >= 0.3 is 0 Å². The van der Waals surface area contributed by atoms with Crippen LogP contribution in [0.3, 0.4) is 0 Å². The lowest BCUT2D eigenvalue weighted by atomic mass is 10.00. The van der Waals surface area contributed by atoms with Crippen molar-refractivity contribution >= 4 is 0 Å². The lowest BCUT2D eigenvalue weighted by Crippen LogP contribution is -2.28. The smallest absolute Gasteiger partial charge is 0.127 e. The molecule has 2 aliphatic rings. The molecule has 1 unspecified atom stereocenters. The van der Waals surface area contributed by atoms with Crippen LogP contribution in [0.25, 0.3) is 0 Å². The molecule has 1 aliphatic heterocycles. The van der Waals surface area contributed by atoms with Crippen LogP contribution >= 0.6 is 0 Å². The fraction of sp³-hybridized carbons (Fsp3) is 1.00. The van der Waals surface area contributed by atoms with E-state index in [0.29, 0.717) is 12.5 Å². The highest BCUT2D eigenvalue weighted by atomic mass is 19.1. The second-order valence-electron chi connectivity index (χ2n) is 3.24. The molecule has 2 heteroatoms. The summed E-state index contributed by atoms with van der Waals surface area (Å²) in [5.41, 5.74) is -0.806. The molecule has 0 aromatic rings. The summed E-state index contributed by atoms with van der Waals surface area (Å²) in [5, 5.41) is 3.06. The minimum atomic E-state index is -0.806. The second-order valence-corrected chi connectivity index (χ2v) is 3.24. The molecule has 52 valence electrons. The predicted octanol–water partition coefficient (Wildman–Crippen LogP) is 1.10. The van der Waals surface area contributed by atoms with E-state index in [9.17, 15) is 4.39 Å². The van der Waals surface area contributed by atoms with Crippen molar-refractivity contribution in [1.82, 2.24) is 5.32 Å². The molecule has 1 aliphatic carbocycles. The molecular weight excluding hydrogens is 117 g/mol. The van der Waals surface area contributed by atoms with Crippen molar-refractivity contribution in [3.63, 3.8) is 0 Å². The molecule has 1 saturated heterocycles. The topological polar surface area (TPSA) is 12.0 Å². The standard InChI is InChI=1S/C7H12FN/c8-7(6-1-2-6)3-4-9-5-7/h6,9H,1-5H2. The Bertz CT molecular complexity index is 114. The number of nitrogens with one attached hydrogen (secondary N) is 1. The number of alkyl halides is 1. The Kier molecular flexibility index (Phi) is 1.06. The van der Waals surface area contributed by atoms with Gasteiger partial charge in [-0.15, -0.1) is 0 Å². The van der Waals surface area contributed by atoms with Gasteiger partial charge in [0.15, 0.2) is 0 Å². The van der Waals surface area contributed by atoms with E-state index < -0.39 is 5.67 Å². The molecule has 0 amide bonds. The van der Waals surface area contributed by atoms with Gasteiger partial charge < -0.3 is 5.32 Å². The fourth-order valence-electron chi connectivity index (χ4n) is 1.63.